The fourth-order valence-corrected chi connectivity index (χ4v) is 6.17. The number of hydrogen-bond acceptors (Lipinski definition) is 7. The van der Waals surface area contributed by atoms with E-state index in [1.54, 1.807) is 7.11 Å². The monoisotopic (exact) mass is 550 g/mol. The van der Waals surface area contributed by atoms with Gasteiger partial charge in [-0.3, -0.25) is 4.68 Å². The van der Waals surface area contributed by atoms with Crippen LogP contribution in [0.2, 0.25) is 0 Å². The van der Waals surface area contributed by atoms with Crippen LogP contribution in [0.25, 0.3) is 16.9 Å². The van der Waals surface area contributed by atoms with Gasteiger partial charge in [0.2, 0.25) is 5.88 Å². The molecule has 0 spiro atoms. The lowest BCUT2D eigenvalue weighted by atomic mass is 9.87. The minimum Gasteiger partial charge on any atom is -0.481 e. The number of ether oxygens (including phenoxy) is 3. The summed E-state index contributed by atoms with van der Waals surface area (Å²) >= 11 is 0. The van der Waals surface area contributed by atoms with Crippen LogP contribution in [0, 0.1) is 12.8 Å². The maximum absolute atomic E-state index is 12.8. The third-order valence-electron chi connectivity index (χ3n) is 7.78. The molecule has 1 amide bonds. The Bertz CT molecular complexity index is 1340. The van der Waals surface area contributed by atoms with E-state index in [2.05, 4.69) is 31.1 Å². The molecular weight excluding hydrogens is 508 g/mol. The Morgan fingerprint density at radius 1 is 1.12 bits per heavy atom. The lowest BCUT2D eigenvalue weighted by molar-refractivity contribution is -0.00864. The van der Waals surface area contributed by atoms with Gasteiger partial charge >= 0.3 is 6.09 Å². The topological polar surface area (TPSA) is 96.5 Å². The Kier molecular flexibility index (Phi) is 7.90. The summed E-state index contributed by atoms with van der Waals surface area (Å²) in [6, 6.07) is 2.27. The quantitative estimate of drug-likeness (QED) is 0.442. The number of aryl methyl sites for hydroxylation is 1. The molecule has 5 heterocycles. The first kappa shape index (κ1) is 28.1. The van der Waals surface area contributed by atoms with Gasteiger partial charge in [0.05, 0.1) is 49.8 Å². The van der Waals surface area contributed by atoms with E-state index in [1.165, 1.54) is 5.56 Å². The molecule has 1 fully saturated rings. The number of carbonyl (C=O) groups excluding carboxylic acids is 1. The lowest BCUT2D eigenvalue weighted by Crippen LogP contribution is -2.51. The van der Waals surface area contributed by atoms with Crippen molar-refractivity contribution in [2.45, 2.75) is 91.5 Å². The number of amides is 1. The van der Waals surface area contributed by atoms with Gasteiger partial charge in [-0.05, 0) is 72.8 Å². The summed E-state index contributed by atoms with van der Waals surface area (Å²) in [5, 5.41) is 9.81. The zero-order valence-corrected chi connectivity index (χ0v) is 24.8. The van der Waals surface area contributed by atoms with E-state index in [-0.39, 0.29) is 18.2 Å². The highest BCUT2D eigenvalue weighted by Gasteiger charge is 2.36. The van der Waals surface area contributed by atoms with E-state index in [0.717, 1.165) is 60.4 Å². The molecule has 0 bridgehead atoms. The van der Waals surface area contributed by atoms with Crippen LogP contribution in [0.4, 0.5) is 4.79 Å². The largest absolute Gasteiger partial charge is 0.481 e. The van der Waals surface area contributed by atoms with Crippen molar-refractivity contribution in [3.05, 3.63) is 41.5 Å². The maximum Gasteiger partial charge on any atom is 0.410 e. The minimum atomic E-state index is -0.501. The summed E-state index contributed by atoms with van der Waals surface area (Å²) in [5.41, 5.74) is 5.68. The van der Waals surface area contributed by atoms with E-state index >= 15 is 0 Å². The van der Waals surface area contributed by atoms with Crippen molar-refractivity contribution in [2.24, 2.45) is 5.92 Å². The van der Waals surface area contributed by atoms with Crippen LogP contribution in [-0.4, -0.2) is 73.5 Å². The average molecular weight is 551 g/mol. The Labute approximate surface area is 236 Å². The number of nitrogens with zero attached hydrogens (tertiary/aromatic N) is 6. The number of carbonyl (C=O) groups is 1. The Balaban J connectivity index is 1.36. The summed E-state index contributed by atoms with van der Waals surface area (Å²) < 4.78 is 20.9. The van der Waals surface area contributed by atoms with Crippen molar-refractivity contribution in [3.63, 3.8) is 0 Å². The third-order valence-corrected chi connectivity index (χ3v) is 7.78. The number of likely N-dealkylation sites (tertiary alicyclic amines) is 1. The van der Waals surface area contributed by atoms with E-state index in [4.69, 9.17) is 24.4 Å². The molecule has 0 aromatic carbocycles. The Morgan fingerprint density at radius 3 is 2.52 bits per heavy atom. The number of fused-ring (bicyclic) bond motifs is 1. The number of aromatic nitrogens is 5. The van der Waals surface area contributed by atoms with Crippen molar-refractivity contribution in [1.29, 1.82) is 0 Å². The van der Waals surface area contributed by atoms with Gasteiger partial charge in [0.25, 0.3) is 0 Å². The maximum atomic E-state index is 12.8. The molecule has 0 saturated carbocycles. The van der Waals surface area contributed by atoms with Crippen LogP contribution >= 0.6 is 0 Å². The number of piperidine rings is 1. The lowest BCUT2D eigenvalue weighted by Gasteiger charge is -2.42. The van der Waals surface area contributed by atoms with Gasteiger partial charge in [0.1, 0.15) is 5.60 Å². The molecule has 40 heavy (non-hydrogen) atoms. The molecule has 1 saturated heterocycles. The molecule has 10 heteroatoms. The molecule has 0 unspecified atom stereocenters. The van der Waals surface area contributed by atoms with Crippen molar-refractivity contribution in [2.75, 3.05) is 20.3 Å². The molecule has 0 radical (unpaired) electrons. The highest BCUT2D eigenvalue weighted by atomic mass is 16.6. The predicted molar refractivity (Wildman–Crippen MR) is 152 cm³/mol. The number of methoxy groups -OCH3 is 1. The molecule has 2 aliphatic rings. The summed E-state index contributed by atoms with van der Waals surface area (Å²) in [4.78, 5) is 19.2. The summed E-state index contributed by atoms with van der Waals surface area (Å²) in [7, 11) is 1.63. The zero-order valence-electron chi connectivity index (χ0n) is 24.8. The van der Waals surface area contributed by atoms with E-state index < -0.39 is 5.60 Å². The van der Waals surface area contributed by atoms with Crippen LogP contribution in [0.1, 0.15) is 64.3 Å². The standard InChI is InChI=1S/C30H42N6O4/c1-19-12-24(16-31-28(19)38-7)36-26-9-11-39-10-8-25(26)27(33-36)23-15-32-34(18-23)17-22-13-20(2)35(21(3)14-22)29(37)40-30(4,5)6/h12,15-16,18,20-22H,8-11,13-14,17H2,1-7H3/t20-,21-/m0/s1. The third kappa shape index (κ3) is 5.87. The zero-order chi connectivity index (χ0) is 28.6. The second kappa shape index (κ2) is 11.2. The molecular formula is C30H42N6O4. The molecule has 216 valence electrons. The van der Waals surface area contributed by atoms with Crippen LogP contribution in [0.3, 0.4) is 0 Å². The van der Waals surface area contributed by atoms with E-state index in [1.807, 2.05) is 54.4 Å². The summed E-state index contributed by atoms with van der Waals surface area (Å²) in [6.07, 6.45) is 9.00. The van der Waals surface area contributed by atoms with Crippen molar-refractivity contribution < 1.29 is 19.0 Å². The first-order valence-electron chi connectivity index (χ1n) is 14.3. The molecule has 3 aromatic heterocycles. The first-order chi connectivity index (χ1) is 19.0. The first-order valence-corrected chi connectivity index (χ1v) is 14.3. The van der Waals surface area contributed by atoms with Gasteiger partial charge < -0.3 is 19.1 Å². The normalized spacial score (nSPS) is 21.6. The van der Waals surface area contributed by atoms with E-state index in [9.17, 15) is 4.79 Å². The predicted octanol–water partition coefficient (Wildman–Crippen LogP) is 4.99. The van der Waals surface area contributed by atoms with Crippen LogP contribution in [0.5, 0.6) is 5.88 Å². The molecule has 2 atom stereocenters. The van der Waals surface area contributed by atoms with Crippen LogP contribution < -0.4 is 4.74 Å². The average Bonchev–Trinajstić information content (AvgIpc) is 3.39. The molecule has 5 rings (SSSR count). The van der Waals surface area contributed by atoms with Crippen molar-refractivity contribution >= 4 is 6.09 Å². The van der Waals surface area contributed by atoms with Gasteiger partial charge in [-0.2, -0.15) is 10.2 Å². The number of rotatable bonds is 5. The second-order valence-corrected chi connectivity index (χ2v) is 12.2. The summed E-state index contributed by atoms with van der Waals surface area (Å²) in [6.45, 7) is 14.1. The minimum absolute atomic E-state index is 0.103. The molecule has 0 N–H and O–H groups in total. The number of hydrogen-bond donors (Lipinski definition) is 0. The summed E-state index contributed by atoms with van der Waals surface area (Å²) in [5.74, 6) is 1.03. The smallest absolute Gasteiger partial charge is 0.410 e. The molecule has 0 aliphatic carbocycles. The van der Waals surface area contributed by atoms with Gasteiger partial charge in [0, 0.05) is 47.9 Å². The molecule has 2 aliphatic heterocycles. The fraction of sp³-hybridized carbons (Fsp3) is 0.600. The van der Waals surface area contributed by atoms with Crippen LogP contribution in [-0.2, 0) is 28.9 Å². The Hall–Kier alpha value is -3.40. The highest BCUT2D eigenvalue weighted by molar-refractivity contribution is 5.69. The molecule has 10 nitrogen and oxygen atoms in total. The SMILES string of the molecule is COc1ncc(-n2nc(-c3cnn(CC4C[C@H](C)N(C(=O)OC(C)(C)C)[C@@H](C)C4)c3)c3c2CCOCC3)cc1C. The van der Waals surface area contributed by atoms with Crippen molar-refractivity contribution in [3.8, 4) is 22.8 Å². The Morgan fingerprint density at radius 2 is 1.85 bits per heavy atom. The highest BCUT2D eigenvalue weighted by Crippen LogP contribution is 2.33. The second-order valence-electron chi connectivity index (χ2n) is 12.2. The van der Waals surface area contributed by atoms with E-state index in [0.29, 0.717) is 25.0 Å². The molecule has 3 aromatic rings. The van der Waals surface area contributed by atoms with Gasteiger partial charge in [-0.15, -0.1) is 0 Å². The van der Waals surface area contributed by atoms with Crippen LogP contribution in [0.15, 0.2) is 24.7 Å². The van der Waals surface area contributed by atoms with Crippen molar-refractivity contribution in [1.82, 2.24) is 29.4 Å². The fourth-order valence-electron chi connectivity index (χ4n) is 6.17. The van der Waals surface area contributed by atoms with Gasteiger partial charge in [-0.25, -0.2) is 14.5 Å². The van der Waals surface area contributed by atoms with Gasteiger partial charge in [0.15, 0.2) is 0 Å². The van der Waals surface area contributed by atoms with Gasteiger partial charge in [-0.1, -0.05) is 0 Å². The number of pyridine rings is 1.